The van der Waals surface area contributed by atoms with Crippen molar-refractivity contribution in [3.63, 3.8) is 0 Å². The molecule has 130 valence electrons. The highest BCUT2D eigenvalue weighted by Gasteiger charge is 2.51. The summed E-state index contributed by atoms with van der Waals surface area (Å²) in [5, 5.41) is 18.5. The monoisotopic (exact) mass is 369 g/mol. The summed E-state index contributed by atoms with van der Waals surface area (Å²) in [5.74, 6) is -0.345. The van der Waals surface area contributed by atoms with Gasteiger partial charge in [-0.25, -0.2) is 9.48 Å². The SMILES string of the molecule is CCc1nnn(CC)c1SCC1=C(C(=O)O)N2C(=O)C(N)[C@H]2SC1. The first-order chi connectivity index (χ1) is 11.5. The van der Waals surface area contributed by atoms with E-state index in [9.17, 15) is 14.7 Å². The molecule has 3 rings (SSSR count). The van der Waals surface area contributed by atoms with Crippen molar-refractivity contribution in [1.29, 1.82) is 0 Å². The number of aromatic nitrogens is 3. The van der Waals surface area contributed by atoms with E-state index in [1.165, 1.54) is 28.4 Å². The molecule has 0 bridgehead atoms. The van der Waals surface area contributed by atoms with Crippen LogP contribution in [0.15, 0.2) is 16.3 Å². The summed E-state index contributed by atoms with van der Waals surface area (Å²) in [5.41, 5.74) is 7.49. The zero-order chi connectivity index (χ0) is 17.4. The van der Waals surface area contributed by atoms with Crippen molar-refractivity contribution < 1.29 is 14.7 Å². The van der Waals surface area contributed by atoms with Gasteiger partial charge in [-0.2, -0.15) is 0 Å². The number of fused-ring (bicyclic) bond motifs is 1. The number of aliphatic carboxylic acids is 1. The van der Waals surface area contributed by atoms with Crippen molar-refractivity contribution in [3.8, 4) is 0 Å². The molecule has 1 aromatic rings. The molecule has 24 heavy (non-hydrogen) atoms. The number of aryl methyl sites for hydroxylation is 2. The summed E-state index contributed by atoms with van der Waals surface area (Å²) in [7, 11) is 0. The fourth-order valence-corrected chi connectivity index (χ4v) is 5.41. The van der Waals surface area contributed by atoms with Crippen molar-refractivity contribution in [2.24, 2.45) is 5.73 Å². The van der Waals surface area contributed by atoms with Gasteiger partial charge in [0.2, 0.25) is 5.91 Å². The maximum atomic E-state index is 11.9. The maximum Gasteiger partial charge on any atom is 0.352 e. The van der Waals surface area contributed by atoms with Gasteiger partial charge in [0.05, 0.1) is 5.69 Å². The van der Waals surface area contributed by atoms with E-state index in [1.54, 1.807) is 0 Å². The number of amides is 1. The third-order valence-electron chi connectivity index (χ3n) is 4.06. The predicted octanol–water partition coefficient (Wildman–Crippen LogP) is 0.534. The van der Waals surface area contributed by atoms with Gasteiger partial charge >= 0.3 is 5.97 Å². The molecular formula is C14H19N5O3S2. The van der Waals surface area contributed by atoms with Gasteiger partial charge in [-0.3, -0.25) is 9.69 Å². The molecule has 0 saturated carbocycles. The van der Waals surface area contributed by atoms with Crippen LogP contribution < -0.4 is 5.73 Å². The van der Waals surface area contributed by atoms with E-state index >= 15 is 0 Å². The largest absolute Gasteiger partial charge is 0.477 e. The van der Waals surface area contributed by atoms with Crippen molar-refractivity contribution in [2.75, 3.05) is 11.5 Å². The van der Waals surface area contributed by atoms with Gasteiger partial charge in [0.25, 0.3) is 0 Å². The van der Waals surface area contributed by atoms with Crippen molar-refractivity contribution in [1.82, 2.24) is 19.9 Å². The maximum absolute atomic E-state index is 11.9. The molecular weight excluding hydrogens is 350 g/mol. The Bertz CT molecular complexity index is 696. The van der Waals surface area contributed by atoms with Gasteiger partial charge in [-0.15, -0.1) is 28.6 Å². The summed E-state index contributed by atoms with van der Waals surface area (Å²) in [4.78, 5) is 24.9. The lowest BCUT2D eigenvalue weighted by atomic mass is 10.0. The van der Waals surface area contributed by atoms with Gasteiger partial charge in [0, 0.05) is 18.1 Å². The lowest BCUT2D eigenvalue weighted by Gasteiger charge is -2.48. The third-order valence-corrected chi connectivity index (χ3v) is 6.64. The first kappa shape index (κ1) is 17.3. The molecule has 0 radical (unpaired) electrons. The predicted molar refractivity (Wildman–Crippen MR) is 91.5 cm³/mol. The molecule has 10 heteroatoms. The summed E-state index contributed by atoms with van der Waals surface area (Å²) in [6.07, 6.45) is 0.767. The zero-order valence-electron chi connectivity index (χ0n) is 13.4. The summed E-state index contributed by atoms with van der Waals surface area (Å²) < 4.78 is 1.81. The Labute approximate surface area is 147 Å². The quantitative estimate of drug-likeness (QED) is 0.551. The molecule has 1 amide bonds. The summed E-state index contributed by atoms with van der Waals surface area (Å²) in [6.45, 7) is 4.70. The molecule has 1 unspecified atom stereocenters. The minimum absolute atomic E-state index is 0.0894. The normalized spacial score (nSPS) is 23.3. The smallest absolute Gasteiger partial charge is 0.352 e. The fourth-order valence-electron chi connectivity index (χ4n) is 2.77. The van der Waals surface area contributed by atoms with Gasteiger partial charge in [-0.05, 0) is 18.9 Å². The first-order valence-electron chi connectivity index (χ1n) is 7.70. The Hall–Kier alpha value is -1.52. The Kier molecular flexibility index (Phi) is 4.88. The van der Waals surface area contributed by atoms with Crippen LogP contribution in [0.3, 0.4) is 0 Å². The fraction of sp³-hybridized carbons (Fsp3) is 0.571. The molecule has 8 nitrogen and oxygen atoms in total. The van der Waals surface area contributed by atoms with Crippen LogP contribution in [-0.4, -0.2) is 59.8 Å². The Balaban J connectivity index is 1.84. The topological polar surface area (TPSA) is 114 Å². The number of carboxylic acid groups (broad SMARTS) is 1. The molecule has 1 aromatic heterocycles. The van der Waals surface area contributed by atoms with E-state index in [-0.39, 0.29) is 17.0 Å². The van der Waals surface area contributed by atoms with Crippen molar-refractivity contribution in [2.45, 2.75) is 43.3 Å². The molecule has 0 aliphatic carbocycles. The van der Waals surface area contributed by atoms with E-state index in [0.717, 1.165) is 22.7 Å². The minimum atomic E-state index is -1.08. The highest BCUT2D eigenvalue weighted by molar-refractivity contribution is 8.01. The third kappa shape index (κ3) is 2.72. The lowest BCUT2D eigenvalue weighted by Crippen LogP contribution is -2.68. The number of hydrogen-bond donors (Lipinski definition) is 2. The van der Waals surface area contributed by atoms with Crippen LogP contribution >= 0.6 is 23.5 Å². The molecule has 2 aliphatic heterocycles. The van der Waals surface area contributed by atoms with Gasteiger partial charge in [-0.1, -0.05) is 12.1 Å². The standard InChI is InChI=1S/C14H19N5O3S2/c1-3-8-12(18(4-2)17-16-8)23-5-7-6-24-13-9(15)11(20)19(13)10(7)14(21)22/h9,13H,3-6,15H2,1-2H3,(H,21,22)/t9?,13-/m1/s1. The molecule has 2 atom stereocenters. The molecule has 3 heterocycles. The number of nitrogens with two attached hydrogens (primary N) is 1. The van der Waals surface area contributed by atoms with Crippen LogP contribution in [0.2, 0.25) is 0 Å². The Morgan fingerprint density at radius 2 is 2.25 bits per heavy atom. The zero-order valence-corrected chi connectivity index (χ0v) is 15.1. The van der Waals surface area contributed by atoms with Gasteiger partial charge in [0.15, 0.2) is 0 Å². The lowest BCUT2D eigenvalue weighted by molar-refractivity contribution is -0.147. The number of hydrogen-bond acceptors (Lipinski definition) is 7. The van der Waals surface area contributed by atoms with E-state index in [0.29, 0.717) is 18.1 Å². The van der Waals surface area contributed by atoms with Crippen LogP contribution in [0.1, 0.15) is 19.5 Å². The van der Waals surface area contributed by atoms with E-state index in [1.807, 2.05) is 18.5 Å². The molecule has 0 aromatic carbocycles. The number of nitrogens with zero attached hydrogens (tertiary/aromatic N) is 4. The first-order valence-corrected chi connectivity index (χ1v) is 9.73. The Morgan fingerprint density at radius 3 is 2.88 bits per heavy atom. The molecule has 2 aliphatic rings. The second kappa shape index (κ2) is 6.77. The average Bonchev–Trinajstić information content (AvgIpc) is 2.99. The molecule has 1 fully saturated rings. The Morgan fingerprint density at radius 1 is 1.50 bits per heavy atom. The second-order valence-corrected chi connectivity index (χ2v) is 7.56. The van der Waals surface area contributed by atoms with E-state index in [4.69, 9.17) is 5.73 Å². The van der Waals surface area contributed by atoms with Crippen LogP contribution in [0, 0.1) is 0 Å². The summed E-state index contributed by atoms with van der Waals surface area (Å²) in [6, 6.07) is -0.601. The highest BCUT2D eigenvalue weighted by Crippen LogP contribution is 2.40. The molecule has 3 N–H and O–H groups in total. The number of carbonyl (C=O) groups is 2. The van der Waals surface area contributed by atoms with Gasteiger partial charge in [0.1, 0.15) is 22.1 Å². The van der Waals surface area contributed by atoms with Crippen LogP contribution in [0.4, 0.5) is 0 Å². The number of β-lactam (4-membered cyclic amide) rings is 1. The van der Waals surface area contributed by atoms with Crippen molar-refractivity contribution in [3.05, 3.63) is 17.0 Å². The summed E-state index contributed by atoms with van der Waals surface area (Å²) >= 11 is 3.04. The molecule has 0 spiro atoms. The van der Waals surface area contributed by atoms with Gasteiger partial charge < -0.3 is 10.8 Å². The van der Waals surface area contributed by atoms with Crippen molar-refractivity contribution >= 4 is 35.4 Å². The van der Waals surface area contributed by atoms with Crippen LogP contribution in [0.25, 0.3) is 0 Å². The minimum Gasteiger partial charge on any atom is -0.477 e. The molecule has 1 saturated heterocycles. The average molecular weight is 369 g/mol. The van der Waals surface area contributed by atoms with E-state index in [2.05, 4.69) is 10.3 Å². The number of rotatable bonds is 6. The van der Waals surface area contributed by atoms with Crippen LogP contribution in [0.5, 0.6) is 0 Å². The van der Waals surface area contributed by atoms with E-state index < -0.39 is 12.0 Å². The second-order valence-electron chi connectivity index (χ2n) is 5.49. The number of carboxylic acids is 1. The number of thioether (sulfide) groups is 2. The number of carbonyl (C=O) groups excluding carboxylic acids is 1. The van der Waals surface area contributed by atoms with Crippen LogP contribution in [-0.2, 0) is 22.6 Å². The highest BCUT2D eigenvalue weighted by atomic mass is 32.2.